The Kier molecular flexibility index (Phi) is 7.12. The second kappa shape index (κ2) is 10.6. The van der Waals surface area contributed by atoms with Crippen molar-refractivity contribution in [2.45, 2.75) is 38.8 Å². The number of hydrogen-bond donors (Lipinski definition) is 0. The van der Waals surface area contributed by atoms with E-state index in [1.165, 1.54) is 19.3 Å². The summed E-state index contributed by atoms with van der Waals surface area (Å²) >= 11 is 0. The number of aliphatic imine (C=N–C) groups is 2. The summed E-state index contributed by atoms with van der Waals surface area (Å²) in [6, 6.07) is 29.6. The molecule has 3 aromatic rings. The fourth-order valence-corrected chi connectivity index (χ4v) is 3.52. The predicted octanol–water partition coefficient (Wildman–Crippen LogP) is 6.44. The van der Waals surface area contributed by atoms with Crippen molar-refractivity contribution in [2.24, 2.45) is 9.98 Å². The van der Waals surface area contributed by atoms with Crippen molar-refractivity contribution in [2.75, 3.05) is 11.5 Å². The quantitative estimate of drug-likeness (QED) is 0.381. The Balaban J connectivity index is 1.52. The van der Waals surface area contributed by atoms with E-state index in [2.05, 4.69) is 37.3 Å². The van der Waals surface area contributed by atoms with Gasteiger partial charge >= 0.3 is 0 Å². The molecule has 1 atom stereocenters. The summed E-state index contributed by atoms with van der Waals surface area (Å²) in [4.78, 5) is 11.7. The molecule has 4 heteroatoms. The van der Waals surface area contributed by atoms with Crippen molar-refractivity contribution in [3.05, 3.63) is 96.1 Å². The first-order valence-electron chi connectivity index (χ1n) is 11.0. The minimum atomic E-state index is -0.325. The van der Waals surface area contributed by atoms with E-state index in [1.807, 2.05) is 65.8 Å². The molecule has 4 rings (SSSR count). The van der Waals surface area contributed by atoms with Crippen LogP contribution in [0.3, 0.4) is 0 Å². The lowest BCUT2D eigenvalue weighted by Crippen LogP contribution is -2.33. The molecular weight excluding hydrogens is 382 g/mol. The maximum atomic E-state index is 5.85. The monoisotopic (exact) mass is 410 g/mol. The third-order valence-electron chi connectivity index (χ3n) is 5.22. The van der Waals surface area contributed by atoms with Crippen molar-refractivity contribution in [3.63, 3.8) is 0 Å². The number of rotatable bonds is 9. The molecule has 0 spiro atoms. The Morgan fingerprint density at radius 1 is 0.903 bits per heavy atom. The number of benzene rings is 3. The molecule has 0 N–H and O–H groups in total. The highest BCUT2D eigenvalue weighted by Gasteiger charge is 2.22. The van der Waals surface area contributed by atoms with Crippen LogP contribution in [0.15, 0.2) is 88.8 Å². The number of hydrogen-bond acceptors (Lipinski definition) is 4. The van der Waals surface area contributed by atoms with Crippen molar-refractivity contribution >= 4 is 17.9 Å². The van der Waals surface area contributed by atoms with Crippen LogP contribution >= 0.6 is 0 Å². The molecule has 0 aliphatic carbocycles. The highest BCUT2D eigenvalue weighted by Crippen LogP contribution is 2.27. The van der Waals surface area contributed by atoms with Gasteiger partial charge in [-0.2, -0.15) is 0 Å². The van der Waals surface area contributed by atoms with E-state index >= 15 is 0 Å². The van der Waals surface area contributed by atoms with Gasteiger partial charge in [0, 0.05) is 16.8 Å². The average Bonchev–Trinajstić information content (AvgIpc) is 2.85. The molecule has 31 heavy (non-hydrogen) atoms. The first-order chi connectivity index (χ1) is 15.3. The Labute approximate surface area is 184 Å². The Morgan fingerprint density at radius 2 is 1.68 bits per heavy atom. The van der Waals surface area contributed by atoms with Gasteiger partial charge < -0.3 is 4.74 Å². The minimum absolute atomic E-state index is 0.325. The molecule has 0 saturated carbocycles. The number of amidine groups is 1. The van der Waals surface area contributed by atoms with E-state index in [0.29, 0.717) is 0 Å². The third kappa shape index (κ3) is 5.40. The lowest BCUT2D eigenvalue weighted by atomic mass is 10.1. The normalized spacial score (nSPS) is 15.6. The van der Waals surface area contributed by atoms with Crippen LogP contribution in [-0.4, -0.2) is 18.8 Å². The zero-order chi connectivity index (χ0) is 21.3. The summed E-state index contributed by atoms with van der Waals surface area (Å²) in [5.74, 6) is 1.72. The second-order valence-corrected chi connectivity index (χ2v) is 7.55. The van der Waals surface area contributed by atoms with Gasteiger partial charge in [-0.05, 0) is 36.8 Å². The summed E-state index contributed by atoms with van der Waals surface area (Å²) in [7, 11) is 0. The van der Waals surface area contributed by atoms with Crippen molar-refractivity contribution in [3.8, 4) is 5.75 Å². The summed E-state index contributed by atoms with van der Waals surface area (Å²) in [6.07, 6.45) is 6.33. The number of ether oxygens (including phenoxy) is 1. The molecule has 157 valence electrons. The van der Waals surface area contributed by atoms with Crippen LogP contribution in [-0.2, 0) is 0 Å². The van der Waals surface area contributed by atoms with Gasteiger partial charge in [-0.3, -0.25) is 4.90 Å². The van der Waals surface area contributed by atoms with E-state index in [4.69, 9.17) is 14.7 Å². The van der Waals surface area contributed by atoms with Gasteiger partial charge in [0.1, 0.15) is 11.6 Å². The Morgan fingerprint density at radius 3 is 2.39 bits per heavy atom. The molecule has 0 saturated heterocycles. The smallest absolute Gasteiger partial charge is 0.169 e. The van der Waals surface area contributed by atoms with E-state index in [9.17, 15) is 0 Å². The van der Waals surface area contributed by atoms with E-state index in [-0.39, 0.29) is 6.17 Å². The molecule has 1 aliphatic heterocycles. The van der Waals surface area contributed by atoms with Crippen LogP contribution in [0, 0.1) is 6.07 Å². The van der Waals surface area contributed by atoms with Crippen LogP contribution in [0.4, 0.5) is 5.69 Å². The zero-order valence-corrected chi connectivity index (χ0v) is 17.9. The molecule has 1 radical (unpaired) electrons. The van der Waals surface area contributed by atoms with E-state index < -0.39 is 0 Å². The number of nitrogens with zero attached hydrogens (tertiary/aromatic N) is 3. The van der Waals surface area contributed by atoms with Gasteiger partial charge in [0.2, 0.25) is 0 Å². The molecule has 1 aliphatic rings. The maximum Gasteiger partial charge on any atom is 0.169 e. The Hall–Kier alpha value is -3.40. The maximum absolute atomic E-state index is 5.85. The second-order valence-electron chi connectivity index (χ2n) is 7.55. The van der Waals surface area contributed by atoms with E-state index in [1.54, 1.807) is 0 Å². The molecule has 3 aromatic carbocycles. The van der Waals surface area contributed by atoms with Gasteiger partial charge in [0.25, 0.3) is 0 Å². The largest absolute Gasteiger partial charge is 0.494 e. The molecule has 4 nitrogen and oxygen atoms in total. The van der Waals surface area contributed by atoms with Crippen molar-refractivity contribution in [1.29, 1.82) is 0 Å². The first kappa shape index (κ1) is 20.9. The summed E-state index contributed by atoms with van der Waals surface area (Å²) in [6.45, 7) is 2.96. The molecule has 0 bridgehead atoms. The zero-order valence-electron chi connectivity index (χ0n) is 17.9. The number of para-hydroxylation sites is 1. The molecule has 0 fully saturated rings. The minimum Gasteiger partial charge on any atom is -0.494 e. The number of anilines is 1. The van der Waals surface area contributed by atoms with E-state index in [0.717, 1.165) is 41.4 Å². The third-order valence-corrected chi connectivity index (χ3v) is 5.22. The fraction of sp³-hybridized carbons (Fsp3) is 0.259. The van der Waals surface area contributed by atoms with Crippen LogP contribution in [0.5, 0.6) is 5.75 Å². The first-order valence-corrected chi connectivity index (χ1v) is 11.0. The molecular formula is C27H28N3O. The fourth-order valence-electron chi connectivity index (χ4n) is 3.52. The topological polar surface area (TPSA) is 37.2 Å². The average molecular weight is 411 g/mol. The summed E-state index contributed by atoms with van der Waals surface area (Å²) in [5.41, 5.74) is 3.01. The summed E-state index contributed by atoms with van der Waals surface area (Å²) < 4.78 is 5.85. The summed E-state index contributed by atoms with van der Waals surface area (Å²) in [5, 5.41) is 0. The van der Waals surface area contributed by atoms with Crippen LogP contribution in [0.25, 0.3) is 0 Å². The molecule has 1 heterocycles. The van der Waals surface area contributed by atoms with Crippen molar-refractivity contribution < 1.29 is 4.74 Å². The van der Waals surface area contributed by atoms with Gasteiger partial charge in [0.15, 0.2) is 6.17 Å². The van der Waals surface area contributed by atoms with Gasteiger partial charge in [-0.15, -0.1) is 0 Å². The van der Waals surface area contributed by atoms with Gasteiger partial charge in [0.05, 0.1) is 12.9 Å². The highest BCUT2D eigenvalue weighted by molar-refractivity contribution is 6.20. The van der Waals surface area contributed by atoms with Crippen LogP contribution < -0.4 is 9.64 Å². The van der Waals surface area contributed by atoms with Gasteiger partial charge in [-0.1, -0.05) is 80.8 Å². The molecule has 0 amide bonds. The molecule has 1 unspecified atom stereocenters. The Bertz CT molecular complexity index is 998. The SMILES string of the molecule is CCCCCCOc1c[c]c(C2N=CN(c3ccccc3)C(c3ccccc3)=N2)cc1. The lowest BCUT2D eigenvalue weighted by molar-refractivity contribution is 0.305. The lowest BCUT2D eigenvalue weighted by Gasteiger charge is -2.27. The predicted molar refractivity (Wildman–Crippen MR) is 128 cm³/mol. The molecule has 0 aromatic heterocycles. The van der Waals surface area contributed by atoms with Crippen LogP contribution in [0.1, 0.15) is 49.9 Å². The number of unbranched alkanes of at least 4 members (excludes halogenated alkanes) is 3. The van der Waals surface area contributed by atoms with Crippen LogP contribution in [0.2, 0.25) is 0 Å². The van der Waals surface area contributed by atoms with Crippen molar-refractivity contribution in [1.82, 2.24) is 0 Å². The standard InChI is InChI=1S/C27H28N3O/c1-2-3-4-11-20-31-25-18-16-22(17-19-25)26-28-21-30(24-14-9-6-10-15-24)27(29-26)23-12-7-5-8-13-23/h5-10,12-16,18-19,21,26H,2-4,11,20H2,1H3. The van der Waals surface area contributed by atoms with Gasteiger partial charge in [-0.25, -0.2) is 9.98 Å². The highest BCUT2D eigenvalue weighted by atomic mass is 16.5.